The molecule has 0 aliphatic carbocycles. The molecule has 1 atom stereocenters. The quantitative estimate of drug-likeness (QED) is 0.897. The summed E-state index contributed by atoms with van der Waals surface area (Å²) < 4.78 is 27.4. The molecule has 1 saturated heterocycles. The van der Waals surface area contributed by atoms with Gasteiger partial charge in [0.05, 0.1) is 4.90 Å². The Kier molecular flexibility index (Phi) is 3.82. The standard InChI is InChI=1S/C12H17BrN2O2S/c1-8-6-12(9(2)5-11(8)13)18(16,17)15-4-3-10(14)7-15/h5-6,10H,3-4,7,14H2,1-2H3/t10-/m0/s1. The van der Waals surface area contributed by atoms with Gasteiger partial charge in [-0.2, -0.15) is 4.31 Å². The molecule has 0 spiro atoms. The van der Waals surface area contributed by atoms with Crippen molar-refractivity contribution >= 4 is 26.0 Å². The van der Waals surface area contributed by atoms with Crippen LogP contribution in [0.5, 0.6) is 0 Å². The largest absolute Gasteiger partial charge is 0.326 e. The van der Waals surface area contributed by atoms with Crippen molar-refractivity contribution in [3.05, 3.63) is 27.7 Å². The zero-order chi connectivity index (χ0) is 13.5. The van der Waals surface area contributed by atoms with E-state index in [1.54, 1.807) is 6.07 Å². The van der Waals surface area contributed by atoms with E-state index in [0.717, 1.165) is 22.0 Å². The summed E-state index contributed by atoms with van der Waals surface area (Å²) in [4.78, 5) is 0.386. The molecule has 1 aromatic carbocycles. The Morgan fingerprint density at radius 3 is 2.56 bits per heavy atom. The lowest BCUT2D eigenvalue weighted by Crippen LogP contribution is -2.32. The van der Waals surface area contributed by atoms with Crippen LogP contribution < -0.4 is 5.73 Å². The third kappa shape index (κ3) is 2.47. The molecule has 0 aromatic heterocycles. The third-order valence-electron chi connectivity index (χ3n) is 3.26. The maximum absolute atomic E-state index is 12.5. The van der Waals surface area contributed by atoms with E-state index < -0.39 is 10.0 Å². The van der Waals surface area contributed by atoms with Crippen LogP contribution in [0, 0.1) is 13.8 Å². The zero-order valence-electron chi connectivity index (χ0n) is 10.5. The van der Waals surface area contributed by atoms with E-state index in [1.807, 2.05) is 19.9 Å². The average Bonchev–Trinajstić information content (AvgIpc) is 2.70. The second kappa shape index (κ2) is 4.92. The fourth-order valence-electron chi connectivity index (χ4n) is 2.14. The zero-order valence-corrected chi connectivity index (χ0v) is 12.9. The molecule has 1 heterocycles. The summed E-state index contributed by atoms with van der Waals surface area (Å²) in [6.07, 6.45) is 0.730. The summed E-state index contributed by atoms with van der Waals surface area (Å²) in [5.74, 6) is 0. The Labute approximate surface area is 116 Å². The van der Waals surface area contributed by atoms with Crippen LogP contribution in [-0.4, -0.2) is 31.9 Å². The van der Waals surface area contributed by atoms with Gasteiger partial charge in [0.2, 0.25) is 10.0 Å². The molecular weight excluding hydrogens is 316 g/mol. The van der Waals surface area contributed by atoms with Crippen molar-refractivity contribution < 1.29 is 8.42 Å². The predicted octanol–water partition coefficient (Wildman–Crippen LogP) is 1.79. The van der Waals surface area contributed by atoms with Gasteiger partial charge in [0.1, 0.15) is 0 Å². The highest BCUT2D eigenvalue weighted by Gasteiger charge is 2.32. The van der Waals surface area contributed by atoms with Crippen LogP contribution in [0.3, 0.4) is 0 Å². The molecule has 4 nitrogen and oxygen atoms in total. The molecule has 0 saturated carbocycles. The summed E-state index contributed by atoms with van der Waals surface area (Å²) in [6.45, 7) is 4.63. The molecule has 0 radical (unpaired) electrons. The van der Waals surface area contributed by atoms with Gasteiger partial charge >= 0.3 is 0 Å². The van der Waals surface area contributed by atoms with Crippen molar-refractivity contribution in [1.29, 1.82) is 0 Å². The first-order chi connectivity index (χ1) is 8.32. The van der Waals surface area contributed by atoms with E-state index in [0.29, 0.717) is 18.0 Å². The van der Waals surface area contributed by atoms with Crippen LogP contribution in [0.4, 0.5) is 0 Å². The second-order valence-corrected chi connectivity index (χ2v) is 7.54. The van der Waals surface area contributed by atoms with Crippen molar-refractivity contribution in [2.75, 3.05) is 13.1 Å². The molecule has 1 fully saturated rings. The smallest absolute Gasteiger partial charge is 0.243 e. The topological polar surface area (TPSA) is 63.4 Å². The van der Waals surface area contributed by atoms with Crippen LogP contribution in [0.1, 0.15) is 17.5 Å². The van der Waals surface area contributed by atoms with Gasteiger partial charge in [0.25, 0.3) is 0 Å². The third-order valence-corrected chi connectivity index (χ3v) is 6.12. The van der Waals surface area contributed by atoms with Crippen molar-refractivity contribution in [3.63, 3.8) is 0 Å². The molecule has 2 rings (SSSR count). The number of hydrogen-bond acceptors (Lipinski definition) is 3. The maximum Gasteiger partial charge on any atom is 0.243 e. The molecule has 1 aliphatic heterocycles. The Balaban J connectivity index is 2.45. The predicted molar refractivity (Wildman–Crippen MR) is 75.0 cm³/mol. The number of nitrogens with zero attached hydrogens (tertiary/aromatic N) is 1. The first-order valence-electron chi connectivity index (χ1n) is 5.85. The molecule has 0 unspecified atom stereocenters. The van der Waals surface area contributed by atoms with E-state index in [2.05, 4.69) is 15.9 Å². The number of hydrogen-bond donors (Lipinski definition) is 1. The van der Waals surface area contributed by atoms with Gasteiger partial charge in [-0.15, -0.1) is 0 Å². The van der Waals surface area contributed by atoms with Crippen molar-refractivity contribution in [3.8, 4) is 0 Å². The van der Waals surface area contributed by atoms with Gasteiger partial charge in [0.15, 0.2) is 0 Å². The highest BCUT2D eigenvalue weighted by atomic mass is 79.9. The van der Waals surface area contributed by atoms with Crippen molar-refractivity contribution in [1.82, 2.24) is 4.31 Å². The van der Waals surface area contributed by atoms with Crippen LogP contribution in [0.25, 0.3) is 0 Å². The van der Waals surface area contributed by atoms with Crippen LogP contribution >= 0.6 is 15.9 Å². The molecule has 1 aromatic rings. The second-order valence-electron chi connectivity index (χ2n) is 4.78. The Morgan fingerprint density at radius 2 is 2.00 bits per heavy atom. The lowest BCUT2D eigenvalue weighted by atomic mass is 10.2. The van der Waals surface area contributed by atoms with E-state index in [-0.39, 0.29) is 6.04 Å². The average molecular weight is 333 g/mol. The number of rotatable bonds is 2. The molecule has 1 aliphatic rings. The number of benzene rings is 1. The molecule has 2 N–H and O–H groups in total. The number of aryl methyl sites for hydroxylation is 2. The minimum Gasteiger partial charge on any atom is -0.326 e. The van der Waals surface area contributed by atoms with E-state index in [4.69, 9.17) is 5.73 Å². The molecule has 6 heteroatoms. The lowest BCUT2D eigenvalue weighted by molar-refractivity contribution is 0.472. The van der Waals surface area contributed by atoms with Gasteiger partial charge < -0.3 is 5.73 Å². The van der Waals surface area contributed by atoms with Crippen LogP contribution in [0.2, 0.25) is 0 Å². The first kappa shape index (κ1) is 14.0. The molecule has 0 amide bonds. The van der Waals surface area contributed by atoms with Gasteiger partial charge in [-0.25, -0.2) is 8.42 Å². The summed E-state index contributed by atoms with van der Waals surface area (Å²) in [7, 11) is -3.41. The molecule has 18 heavy (non-hydrogen) atoms. The van der Waals surface area contributed by atoms with E-state index in [9.17, 15) is 8.42 Å². The monoisotopic (exact) mass is 332 g/mol. The first-order valence-corrected chi connectivity index (χ1v) is 8.08. The summed E-state index contributed by atoms with van der Waals surface area (Å²) in [6, 6.07) is 3.52. The number of sulfonamides is 1. The Hall–Kier alpha value is -0.430. The van der Waals surface area contributed by atoms with E-state index in [1.165, 1.54) is 4.31 Å². The Morgan fingerprint density at radius 1 is 1.33 bits per heavy atom. The summed E-state index contributed by atoms with van der Waals surface area (Å²) in [5.41, 5.74) is 7.45. The van der Waals surface area contributed by atoms with Crippen molar-refractivity contribution in [2.24, 2.45) is 5.73 Å². The number of nitrogens with two attached hydrogens (primary N) is 1. The van der Waals surface area contributed by atoms with Crippen LogP contribution in [-0.2, 0) is 10.0 Å². The fraction of sp³-hybridized carbons (Fsp3) is 0.500. The minimum atomic E-state index is -3.41. The van der Waals surface area contributed by atoms with Gasteiger partial charge in [0, 0.05) is 23.6 Å². The van der Waals surface area contributed by atoms with Crippen LogP contribution in [0.15, 0.2) is 21.5 Å². The van der Waals surface area contributed by atoms with Gasteiger partial charge in [-0.05, 0) is 43.5 Å². The van der Waals surface area contributed by atoms with Crippen molar-refractivity contribution in [2.45, 2.75) is 31.2 Å². The number of halogens is 1. The summed E-state index contributed by atoms with van der Waals surface area (Å²) >= 11 is 3.41. The molecular formula is C12H17BrN2O2S. The van der Waals surface area contributed by atoms with E-state index >= 15 is 0 Å². The minimum absolute atomic E-state index is 0.0448. The summed E-state index contributed by atoms with van der Waals surface area (Å²) in [5, 5.41) is 0. The van der Waals surface area contributed by atoms with Gasteiger partial charge in [-0.1, -0.05) is 15.9 Å². The SMILES string of the molecule is Cc1cc(S(=O)(=O)N2CC[C@H](N)C2)c(C)cc1Br. The normalized spacial score (nSPS) is 21.4. The molecule has 100 valence electrons. The molecule has 0 bridgehead atoms. The lowest BCUT2D eigenvalue weighted by Gasteiger charge is -2.18. The highest BCUT2D eigenvalue weighted by Crippen LogP contribution is 2.28. The highest BCUT2D eigenvalue weighted by molar-refractivity contribution is 9.10. The fourth-order valence-corrected chi connectivity index (χ4v) is 4.40. The van der Waals surface area contributed by atoms with Gasteiger partial charge in [-0.3, -0.25) is 0 Å². The Bertz CT molecular complexity index is 572. The maximum atomic E-state index is 12.5.